The van der Waals surface area contributed by atoms with E-state index in [1.54, 1.807) is 24.7 Å². The zero-order valence-corrected chi connectivity index (χ0v) is 10.5. The number of imidazole rings is 1. The fraction of sp³-hybridized carbons (Fsp3) is 0.357. The van der Waals surface area contributed by atoms with Crippen molar-refractivity contribution in [3.05, 3.63) is 48.3 Å². The van der Waals surface area contributed by atoms with Crippen LogP contribution in [0.2, 0.25) is 0 Å². The number of aromatic nitrogens is 2. The fourth-order valence-electron chi connectivity index (χ4n) is 2.45. The van der Waals surface area contributed by atoms with Gasteiger partial charge in [-0.15, -0.1) is 0 Å². The summed E-state index contributed by atoms with van der Waals surface area (Å²) in [7, 11) is 0. The van der Waals surface area contributed by atoms with Gasteiger partial charge < -0.3 is 15.0 Å². The molecule has 1 aromatic heterocycles. The molecule has 19 heavy (non-hydrogen) atoms. The first-order valence-electron chi connectivity index (χ1n) is 6.37. The predicted molar refractivity (Wildman–Crippen MR) is 69.4 cm³/mol. The summed E-state index contributed by atoms with van der Waals surface area (Å²) in [6.45, 7) is 1.46. The molecule has 0 amide bonds. The molecule has 2 atom stereocenters. The van der Waals surface area contributed by atoms with Gasteiger partial charge in [0.05, 0.1) is 30.9 Å². The summed E-state index contributed by atoms with van der Waals surface area (Å²) in [5.41, 5.74) is 8.09. The minimum atomic E-state index is -0.251. The molecule has 0 radical (unpaired) electrons. The first-order chi connectivity index (χ1) is 9.25. The van der Waals surface area contributed by atoms with E-state index in [0.29, 0.717) is 12.5 Å². The van der Waals surface area contributed by atoms with Crippen molar-refractivity contribution in [1.29, 1.82) is 0 Å². The molecule has 1 saturated heterocycles. The molecular weight excluding hydrogens is 245 g/mol. The predicted octanol–water partition coefficient (Wildman–Crippen LogP) is 2.05. The van der Waals surface area contributed by atoms with E-state index in [9.17, 15) is 4.39 Å². The number of nitrogens with two attached hydrogens (primary N) is 1. The Labute approximate surface area is 111 Å². The van der Waals surface area contributed by atoms with E-state index in [4.69, 9.17) is 10.5 Å². The van der Waals surface area contributed by atoms with Crippen molar-refractivity contribution in [1.82, 2.24) is 9.55 Å². The van der Waals surface area contributed by atoms with Gasteiger partial charge in [-0.2, -0.15) is 0 Å². The molecule has 0 aliphatic carbocycles. The molecule has 5 heteroatoms. The van der Waals surface area contributed by atoms with Crippen molar-refractivity contribution in [3.8, 4) is 5.69 Å². The molecule has 3 rings (SSSR count). The number of hydrogen-bond acceptors (Lipinski definition) is 3. The number of benzene rings is 1. The topological polar surface area (TPSA) is 53.1 Å². The summed E-state index contributed by atoms with van der Waals surface area (Å²) < 4.78 is 20.3. The zero-order valence-electron chi connectivity index (χ0n) is 10.5. The minimum Gasteiger partial charge on any atom is -0.381 e. The van der Waals surface area contributed by atoms with Crippen molar-refractivity contribution in [2.24, 2.45) is 11.7 Å². The summed E-state index contributed by atoms with van der Waals surface area (Å²) in [5, 5.41) is 0. The monoisotopic (exact) mass is 261 g/mol. The largest absolute Gasteiger partial charge is 0.381 e. The summed E-state index contributed by atoms with van der Waals surface area (Å²) in [6, 6.07) is 6.19. The van der Waals surface area contributed by atoms with E-state index in [-0.39, 0.29) is 11.9 Å². The maximum atomic E-state index is 13.0. The van der Waals surface area contributed by atoms with Crippen LogP contribution in [0.1, 0.15) is 18.2 Å². The molecular formula is C14H16FN3O. The molecule has 1 fully saturated rings. The van der Waals surface area contributed by atoms with E-state index in [1.807, 2.05) is 4.57 Å². The molecule has 100 valence electrons. The van der Waals surface area contributed by atoms with Crippen LogP contribution < -0.4 is 5.73 Å². The van der Waals surface area contributed by atoms with Crippen LogP contribution in [-0.2, 0) is 4.74 Å². The van der Waals surface area contributed by atoms with Gasteiger partial charge in [-0.3, -0.25) is 0 Å². The standard InChI is InChI=1S/C14H16FN3O/c15-11-1-3-12(4-2-11)18-9-17-7-13(18)14(16)10-5-6-19-8-10/h1-4,7,9-10,14H,5-6,8,16H2. The van der Waals surface area contributed by atoms with Gasteiger partial charge in [0.15, 0.2) is 0 Å². The molecule has 2 heterocycles. The van der Waals surface area contributed by atoms with Crippen molar-refractivity contribution in [3.63, 3.8) is 0 Å². The van der Waals surface area contributed by atoms with Gasteiger partial charge in [0.2, 0.25) is 0 Å². The van der Waals surface area contributed by atoms with Crippen LogP contribution in [0, 0.1) is 11.7 Å². The molecule has 2 unspecified atom stereocenters. The van der Waals surface area contributed by atoms with Gasteiger partial charge in [0.25, 0.3) is 0 Å². The maximum Gasteiger partial charge on any atom is 0.123 e. The Balaban J connectivity index is 1.91. The molecule has 1 aliphatic heterocycles. The Bertz CT molecular complexity index is 546. The Hall–Kier alpha value is -1.72. The first kappa shape index (κ1) is 12.3. The Morgan fingerprint density at radius 3 is 2.84 bits per heavy atom. The number of halogens is 1. The molecule has 4 nitrogen and oxygen atoms in total. The van der Waals surface area contributed by atoms with Crippen LogP contribution in [0.3, 0.4) is 0 Å². The average molecular weight is 261 g/mol. The highest BCUT2D eigenvalue weighted by Crippen LogP contribution is 2.27. The zero-order chi connectivity index (χ0) is 13.2. The van der Waals surface area contributed by atoms with Crippen LogP contribution in [0.15, 0.2) is 36.8 Å². The molecule has 2 aromatic rings. The fourth-order valence-corrected chi connectivity index (χ4v) is 2.45. The van der Waals surface area contributed by atoms with Gasteiger partial charge in [-0.1, -0.05) is 0 Å². The number of nitrogens with zero attached hydrogens (tertiary/aromatic N) is 2. The Morgan fingerprint density at radius 2 is 2.16 bits per heavy atom. The van der Waals surface area contributed by atoms with Crippen LogP contribution in [0.5, 0.6) is 0 Å². The highest BCUT2D eigenvalue weighted by Gasteiger charge is 2.26. The molecule has 0 spiro atoms. The summed E-state index contributed by atoms with van der Waals surface area (Å²) in [4.78, 5) is 4.16. The Kier molecular flexibility index (Phi) is 3.31. The highest BCUT2D eigenvalue weighted by molar-refractivity contribution is 5.34. The number of hydrogen-bond donors (Lipinski definition) is 1. The van der Waals surface area contributed by atoms with Gasteiger partial charge >= 0.3 is 0 Å². The number of ether oxygens (including phenoxy) is 1. The van der Waals surface area contributed by atoms with Gasteiger partial charge in [-0.25, -0.2) is 9.37 Å². The second-order valence-electron chi connectivity index (χ2n) is 4.81. The highest BCUT2D eigenvalue weighted by atomic mass is 19.1. The molecule has 2 N–H and O–H groups in total. The van der Waals surface area contributed by atoms with Crippen LogP contribution in [0.25, 0.3) is 5.69 Å². The Morgan fingerprint density at radius 1 is 1.37 bits per heavy atom. The van der Waals surface area contributed by atoms with Gasteiger partial charge in [0, 0.05) is 18.2 Å². The van der Waals surface area contributed by atoms with Gasteiger partial charge in [-0.05, 0) is 30.7 Å². The second kappa shape index (κ2) is 5.11. The third-order valence-corrected chi connectivity index (χ3v) is 3.59. The molecule has 1 aromatic carbocycles. The van der Waals surface area contributed by atoms with Crippen LogP contribution in [-0.4, -0.2) is 22.8 Å². The lowest BCUT2D eigenvalue weighted by atomic mass is 9.97. The first-order valence-corrected chi connectivity index (χ1v) is 6.37. The summed E-state index contributed by atoms with van der Waals surface area (Å²) in [6.07, 6.45) is 4.44. The smallest absolute Gasteiger partial charge is 0.123 e. The van der Waals surface area contributed by atoms with Crippen molar-refractivity contribution < 1.29 is 9.13 Å². The lowest BCUT2D eigenvalue weighted by molar-refractivity contribution is 0.180. The summed E-state index contributed by atoms with van der Waals surface area (Å²) >= 11 is 0. The van der Waals surface area contributed by atoms with Crippen LogP contribution >= 0.6 is 0 Å². The van der Waals surface area contributed by atoms with E-state index in [0.717, 1.165) is 24.4 Å². The van der Waals surface area contributed by atoms with Crippen molar-refractivity contribution in [2.45, 2.75) is 12.5 Å². The SMILES string of the molecule is NC(c1cncn1-c1ccc(F)cc1)C1CCOC1. The number of rotatable bonds is 3. The van der Waals surface area contributed by atoms with Gasteiger partial charge in [0.1, 0.15) is 5.82 Å². The summed E-state index contributed by atoms with van der Waals surface area (Å²) in [5.74, 6) is 0.0646. The maximum absolute atomic E-state index is 13.0. The second-order valence-corrected chi connectivity index (χ2v) is 4.81. The van der Waals surface area contributed by atoms with Crippen molar-refractivity contribution in [2.75, 3.05) is 13.2 Å². The van der Waals surface area contributed by atoms with Crippen LogP contribution in [0.4, 0.5) is 4.39 Å². The van der Waals surface area contributed by atoms with E-state index >= 15 is 0 Å². The van der Waals surface area contributed by atoms with E-state index in [1.165, 1.54) is 12.1 Å². The van der Waals surface area contributed by atoms with E-state index in [2.05, 4.69) is 4.98 Å². The normalized spacial score (nSPS) is 20.6. The lowest BCUT2D eigenvalue weighted by Gasteiger charge is -2.19. The average Bonchev–Trinajstić information content (AvgIpc) is 3.10. The molecule has 0 bridgehead atoms. The van der Waals surface area contributed by atoms with Crippen molar-refractivity contribution >= 4 is 0 Å². The minimum absolute atomic E-state index is 0.116. The molecule has 0 saturated carbocycles. The van der Waals surface area contributed by atoms with E-state index < -0.39 is 0 Å². The third-order valence-electron chi connectivity index (χ3n) is 3.59. The molecule has 1 aliphatic rings. The quantitative estimate of drug-likeness (QED) is 0.920. The lowest BCUT2D eigenvalue weighted by Crippen LogP contribution is -2.24. The third kappa shape index (κ3) is 2.39.